The summed E-state index contributed by atoms with van der Waals surface area (Å²) in [5.41, 5.74) is 7.00. The Morgan fingerprint density at radius 2 is 1.09 bits per heavy atom. The number of anilines is 2. The number of para-hydroxylation sites is 2. The Labute approximate surface area is 436 Å². The van der Waals surface area contributed by atoms with E-state index in [1.165, 1.54) is 86.9 Å². The normalized spacial score (nSPS) is 15.7. The molecule has 2 aliphatic rings. The van der Waals surface area contributed by atoms with Crippen molar-refractivity contribution in [2.45, 2.75) is 81.3 Å². The third kappa shape index (κ3) is 14.0. The smallest absolute Gasteiger partial charge is 0.354 e. The number of aliphatic imine (C=N–C) groups is 1. The standard InChI is InChI=1S/C25H32N4O7S.C15H17N3O7S.C10H17NO/c1-8-35-25(32)22-20(26-17-11-9-10-16(21(17)30)24(31)29(6)7)23(28-37(22,33)34)27-19(13(2)3)18-12-14(4)15(5)36-18;1-4-25-15(22)12-10(13(20)17-26(12,23)24)16-9-7-5-6-8(11(9)19)14(21)18(2)3;1-6(2)10(11)9-5-7(3)8(4)12-9/h9-13,19,26,30H,8H2,1-7H3,(H,27,28);5-7,16,19H,4H2,1-3H3,(H,17,20);5-6,10H,11H2,1-4H3/t19-;;10-/m1.1/s1. The molecule has 2 aromatic heterocycles. The van der Waals surface area contributed by atoms with Gasteiger partial charge in [-0.15, -0.1) is 0 Å². The fraction of sp³-hybridized carbons (Fsp3) is 0.400. The molecule has 25 heteroatoms. The first-order chi connectivity index (χ1) is 34.9. The van der Waals surface area contributed by atoms with Gasteiger partial charge in [0, 0.05) is 28.2 Å². The Bertz CT molecular complexity index is 3130. The molecule has 2 atom stereocenters. The minimum absolute atomic E-state index is 0.00174. The second-order valence-electron chi connectivity index (χ2n) is 18.2. The number of phenols is 2. The molecule has 2 aromatic carbocycles. The number of nitrogens with two attached hydrogens (primary N) is 1. The SMILES string of the molecule is CCOC(=O)C1=C(Nc2cccc(C(=O)N(C)C)c2O)C(=N[C@@H](c2cc(C)c(C)o2)C(C)C)NS1(=O)=O.CCOC(=O)C1=C(Nc2cccc(C(=O)N(C)C)c2O)C(=O)NS1(=O)=O.Cc1cc([C@H](N)C(C)C)oc1C. The van der Waals surface area contributed by atoms with E-state index in [0.29, 0.717) is 17.4 Å². The lowest BCUT2D eigenvalue weighted by Gasteiger charge is -2.18. The third-order valence-electron chi connectivity index (χ3n) is 11.3. The molecule has 4 aromatic rings. The second-order valence-corrected chi connectivity index (χ2v) is 21.4. The number of nitrogens with one attached hydrogen (secondary N) is 4. The van der Waals surface area contributed by atoms with E-state index in [1.54, 1.807) is 11.6 Å². The van der Waals surface area contributed by atoms with Crippen LogP contribution in [0.15, 0.2) is 83.6 Å². The van der Waals surface area contributed by atoms with Gasteiger partial charge >= 0.3 is 11.9 Å². The molecule has 0 unspecified atom stereocenters. The van der Waals surface area contributed by atoms with E-state index >= 15 is 0 Å². The minimum Gasteiger partial charge on any atom is -0.505 e. The van der Waals surface area contributed by atoms with Crippen LogP contribution in [0.1, 0.15) is 109 Å². The summed E-state index contributed by atoms with van der Waals surface area (Å²) in [6.07, 6.45) is 0. The Hall–Kier alpha value is -7.64. The van der Waals surface area contributed by atoms with Gasteiger partial charge in [0.2, 0.25) is 4.91 Å². The average molecular weight is 1080 g/mol. The Morgan fingerprint density at radius 1 is 0.680 bits per heavy atom. The van der Waals surface area contributed by atoms with E-state index in [0.717, 1.165) is 17.1 Å². The van der Waals surface area contributed by atoms with Gasteiger partial charge in [-0.1, -0.05) is 39.8 Å². The van der Waals surface area contributed by atoms with Gasteiger partial charge in [-0.3, -0.25) is 24.1 Å². The molecule has 3 amide bonds. The molecule has 0 aliphatic carbocycles. The van der Waals surface area contributed by atoms with Crippen molar-refractivity contribution in [1.29, 1.82) is 0 Å². The van der Waals surface area contributed by atoms with E-state index in [1.807, 2.05) is 53.7 Å². The summed E-state index contributed by atoms with van der Waals surface area (Å²) in [5, 5.41) is 26.3. The molecule has 2 aliphatic heterocycles. The fourth-order valence-electron chi connectivity index (χ4n) is 6.98. The largest absolute Gasteiger partial charge is 0.505 e. The number of amides is 3. The van der Waals surface area contributed by atoms with Crippen LogP contribution in [0.2, 0.25) is 0 Å². The molecule has 0 saturated carbocycles. The van der Waals surface area contributed by atoms with Gasteiger partial charge in [-0.25, -0.2) is 31.1 Å². The number of amidine groups is 1. The van der Waals surface area contributed by atoms with E-state index in [-0.39, 0.29) is 59.2 Å². The molecule has 0 radical (unpaired) electrons. The summed E-state index contributed by atoms with van der Waals surface area (Å²) < 4.78 is 75.1. The lowest BCUT2D eigenvalue weighted by Crippen LogP contribution is -2.27. The molecule has 0 saturated heterocycles. The number of esters is 2. The van der Waals surface area contributed by atoms with E-state index < -0.39 is 82.8 Å². The van der Waals surface area contributed by atoms with Gasteiger partial charge in [0.1, 0.15) is 40.5 Å². The van der Waals surface area contributed by atoms with Crippen molar-refractivity contribution in [2.75, 3.05) is 52.0 Å². The number of furan rings is 2. The number of ether oxygens (including phenoxy) is 2. The highest BCUT2D eigenvalue weighted by molar-refractivity contribution is 7.95. The van der Waals surface area contributed by atoms with Crippen molar-refractivity contribution in [2.24, 2.45) is 22.6 Å². The molecule has 4 heterocycles. The molecule has 23 nitrogen and oxygen atoms in total. The maximum Gasteiger partial charge on any atom is 0.354 e. The highest BCUT2D eigenvalue weighted by Crippen LogP contribution is 2.36. The molecular weight excluding hydrogens is 1020 g/mol. The fourth-order valence-corrected chi connectivity index (χ4v) is 9.32. The topological polar surface area (TPSA) is 332 Å². The second kappa shape index (κ2) is 24.6. The number of hydrogen-bond acceptors (Lipinski definition) is 19. The van der Waals surface area contributed by atoms with Crippen LogP contribution in [0.4, 0.5) is 11.4 Å². The van der Waals surface area contributed by atoms with Gasteiger partial charge in [0.25, 0.3) is 37.8 Å². The van der Waals surface area contributed by atoms with Crippen molar-refractivity contribution in [3.8, 4) is 11.5 Å². The summed E-state index contributed by atoms with van der Waals surface area (Å²) in [6, 6.07) is 11.8. The Morgan fingerprint density at radius 3 is 1.48 bits per heavy atom. The highest BCUT2D eigenvalue weighted by atomic mass is 32.2. The van der Waals surface area contributed by atoms with Crippen LogP contribution < -0.4 is 25.8 Å². The first-order valence-corrected chi connectivity index (χ1v) is 26.4. The summed E-state index contributed by atoms with van der Waals surface area (Å²) in [6.45, 7) is 18.6. The van der Waals surface area contributed by atoms with Crippen molar-refractivity contribution in [3.63, 3.8) is 0 Å². The number of hydrogen-bond donors (Lipinski definition) is 7. The van der Waals surface area contributed by atoms with Crippen LogP contribution in [0, 0.1) is 39.5 Å². The number of benzene rings is 2. The number of aryl methyl sites for hydroxylation is 4. The number of aromatic hydroxyl groups is 2. The first-order valence-electron chi connectivity index (χ1n) is 23.4. The van der Waals surface area contributed by atoms with Crippen molar-refractivity contribution in [1.82, 2.24) is 19.2 Å². The number of carbonyl (C=O) groups excluding carboxylic acids is 5. The van der Waals surface area contributed by atoms with Crippen LogP contribution in [-0.2, 0) is 43.9 Å². The van der Waals surface area contributed by atoms with Gasteiger partial charge in [-0.05, 0) is 101 Å². The van der Waals surface area contributed by atoms with Crippen molar-refractivity contribution >= 4 is 66.9 Å². The van der Waals surface area contributed by atoms with E-state index in [2.05, 4.69) is 38.9 Å². The number of rotatable bonds is 15. The molecular formula is C50H66N8O15S2. The lowest BCUT2D eigenvalue weighted by atomic mass is 10.0. The summed E-state index contributed by atoms with van der Waals surface area (Å²) >= 11 is 0. The van der Waals surface area contributed by atoms with Gasteiger partial charge < -0.3 is 54.7 Å². The number of carbonyl (C=O) groups is 5. The highest BCUT2D eigenvalue weighted by Gasteiger charge is 2.43. The Kier molecular flexibility index (Phi) is 19.6. The quantitative estimate of drug-likeness (QED) is 0.0570. The zero-order valence-electron chi connectivity index (χ0n) is 44.3. The van der Waals surface area contributed by atoms with E-state index in [9.17, 15) is 51.0 Å². The van der Waals surface area contributed by atoms with Crippen LogP contribution in [0.25, 0.3) is 0 Å². The lowest BCUT2D eigenvalue weighted by molar-refractivity contribution is -0.138. The van der Waals surface area contributed by atoms with Crippen LogP contribution in [0.5, 0.6) is 11.5 Å². The van der Waals surface area contributed by atoms with Gasteiger partial charge in [0.05, 0.1) is 41.8 Å². The monoisotopic (exact) mass is 1080 g/mol. The summed E-state index contributed by atoms with van der Waals surface area (Å²) in [7, 11) is -2.72. The number of sulfonamides is 2. The zero-order chi connectivity index (χ0) is 56.6. The summed E-state index contributed by atoms with van der Waals surface area (Å²) in [4.78, 5) is 66.8. The predicted molar refractivity (Wildman–Crippen MR) is 279 cm³/mol. The average Bonchev–Trinajstić information content (AvgIpc) is 3.99. The molecule has 8 N–H and O–H groups in total. The summed E-state index contributed by atoms with van der Waals surface area (Å²) in [5.74, 6) is -2.00. The third-order valence-corrected chi connectivity index (χ3v) is 14.0. The van der Waals surface area contributed by atoms with Crippen molar-refractivity contribution in [3.05, 3.63) is 115 Å². The minimum atomic E-state index is -4.39. The first kappa shape index (κ1) is 59.9. The van der Waals surface area contributed by atoms with Gasteiger partial charge in [-0.2, -0.15) is 0 Å². The van der Waals surface area contributed by atoms with Crippen LogP contribution in [-0.4, -0.2) is 114 Å². The molecule has 408 valence electrons. The molecule has 75 heavy (non-hydrogen) atoms. The predicted octanol–water partition coefficient (Wildman–Crippen LogP) is 5.51. The maximum absolute atomic E-state index is 13.0. The zero-order valence-corrected chi connectivity index (χ0v) is 45.9. The molecule has 0 fully saturated rings. The van der Waals surface area contributed by atoms with E-state index in [4.69, 9.17) is 19.3 Å². The molecule has 6 rings (SSSR count). The maximum atomic E-state index is 13.0. The van der Waals surface area contributed by atoms with Crippen molar-refractivity contribution < 1.29 is 69.3 Å². The van der Waals surface area contributed by atoms with Crippen LogP contribution in [0.3, 0.4) is 0 Å². The Balaban J connectivity index is 0.000000276. The molecule has 0 bridgehead atoms. The number of nitrogens with zero attached hydrogens (tertiary/aromatic N) is 3. The number of phenolic OH excluding ortho intramolecular Hbond substituents is 2. The van der Waals surface area contributed by atoms with Gasteiger partial charge in [0.15, 0.2) is 22.2 Å². The molecule has 0 spiro atoms. The van der Waals surface area contributed by atoms with Crippen LogP contribution >= 0.6 is 0 Å².